The number of carbonyl (C=O) groups excluding carboxylic acids is 2. The van der Waals surface area contributed by atoms with Gasteiger partial charge in [-0.1, -0.05) is 65.6 Å². The van der Waals surface area contributed by atoms with Crippen LogP contribution in [-0.4, -0.2) is 34.3 Å². The number of fused-ring (bicyclic) bond motifs is 1. The SMILES string of the molecule is O=C1CN(C(=O)CSc2nnc(NCc3ccccc3)s2)c2ccccc2N1. The van der Waals surface area contributed by atoms with Crippen LogP contribution in [0.15, 0.2) is 58.9 Å². The molecule has 0 fully saturated rings. The summed E-state index contributed by atoms with van der Waals surface area (Å²) in [6.45, 7) is 0.690. The number of hydrogen-bond donors (Lipinski definition) is 2. The number of thioether (sulfide) groups is 1. The van der Waals surface area contributed by atoms with Crippen molar-refractivity contribution in [2.45, 2.75) is 10.9 Å². The van der Waals surface area contributed by atoms with Crippen LogP contribution in [0.3, 0.4) is 0 Å². The fourth-order valence-corrected chi connectivity index (χ4v) is 4.39. The van der Waals surface area contributed by atoms with Crippen LogP contribution in [0.25, 0.3) is 0 Å². The monoisotopic (exact) mass is 411 g/mol. The van der Waals surface area contributed by atoms with Crippen LogP contribution < -0.4 is 15.5 Å². The lowest BCUT2D eigenvalue weighted by Gasteiger charge is -2.28. The Bertz CT molecular complexity index is 993. The zero-order valence-corrected chi connectivity index (χ0v) is 16.4. The molecular formula is C19H17N5O2S2. The van der Waals surface area contributed by atoms with Gasteiger partial charge < -0.3 is 15.5 Å². The Morgan fingerprint density at radius 1 is 1.14 bits per heavy atom. The minimum Gasteiger partial charge on any atom is -0.356 e. The van der Waals surface area contributed by atoms with Gasteiger partial charge in [0.1, 0.15) is 6.54 Å². The first kappa shape index (κ1) is 18.5. The lowest BCUT2D eigenvalue weighted by Crippen LogP contribution is -2.43. The quantitative estimate of drug-likeness (QED) is 0.606. The van der Waals surface area contributed by atoms with E-state index in [-0.39, 0.29) is 24.1 Å². The van der Waals surface area contributed by atoms with Crippen LogP contribution in [0.4, 0.5) is 16.5 Å². The van der Waals surface area contributed by atoms with E-state index in [2.05, 4.69) is 20.8 Å². The van der Waals surface area contributed by atoms with E-state index in [9.17, 15) is 9.59 Å². The fraction of sp³-hybridized carbons (Fsp3) is 0.158. The smallest absolute Gasteiger partial charge is 0.244 e. The summed E-state index contributed by atoms with van der Waals surface area (Å²) in [4.78, 5) is 26.0. The molecule has 4 rings (SSSR count). The number of nitrogens with one attached hydrogen (secondary N) is 2. The Balaban J connectivity index is 1.34. The summed E-state index contributed by atoms with van der Waals surface area (Å²) < 4.78 is 0.707. The van der Waals surface area contributed by atoms with Gasteiger partial charge in [0.25, 0.3) is 0 Å². The molecule has 0 saturated carbocycles. The van der Waals surface area contributed by atoms with Crippen LogP contribution in [0.1, 0.15) is 5.56 Å². The number of benzene rings is 2. The number of aromatic nitrogens is 2. The highest BCUT2D eigenvalue weighted by molar-refractivity contribution is 8.01. The van der Waals surface area contributed by atoms with Crippen LogP contribution in [0.5, 0.6) is 0 Å². The first-order valence-electron chi connectivity index (χ1n) is 8.62. The van der Waals surface area contributed by atoms with Gasteiger partial charge in [-0.15, -0.1) is 10.2 Å². The highest BCUT2D eigenvalue weighted by atomic mass is 32.2. The Morgan fingerprint density at radius 3 is 2.79 bits per heavy atom. The van der Waals surface area contributed by atoms with Crippen molar-refractivity contribution >= 4 is 51.4 Å². The lowest BCUT2D eigenvalue weighted by molar-refractivity contribution is -0.120. The van der Waals surface area contributed by atoms with Crippen molar-refractivity contribution in [2.75, 3.05) is 27.8 Å². The molecule has 9 heteroatoms. The Kier molecular flexibility index (Phi) is 5.54. The second-order valence-electron chi connectivity index (χ2n) is 6.05. The molecule has 142 valence electrons. The van der Waals surface area contributed by atoms with Crippen LogP contribution in [0, 0.1) is 0 Å². The van der Waals surface area contributed by atoms with Crippen molar-refractivity contribution in [1.29, 1.82) is 0 Å². The van der Waals surface area contributed by atoms with Gasteiger partial charge in [-0.25, -0.2) is 0 Å². The number of carbonyl (C=O) groups is 2. The van der Waals surface area contributed by atoms with Crippen molar-refractivity contribution in [2.24, 2.45) is 0 Å². The van der Waals surface area contributed by atoms with E-state index >= 15 is 0 Å². The van der Waals surface area contributed by atoms with Gasteiger partial charge in [-0.3, -0.25) is 9.59 Å². The molecule has 0 bridgehead atoms. The predicted molar refractivity (Wildman–Crippen MR) is 112 cm³/mol. The Labute approximate surface area is 170 Å². The summed E-state index contributed by atoms with van der Waals surface area (Å²) in [6.07, 6.45) is 0. The van der Waals surface area contributed by atoms with Crippen molar-refractivity contribution in [3.63, 3.8) is 0 Å². The minimum atomic E-state index is -0.194. The molecule has 7 nitrogen and oxygen atoms in total. The van der Waals surface area contributed by atoms with Crippen molar-refractivity contribution < 1.29 is 9.59 Å². The molecule has 1 aliphatic heterocycles. The largest absolute Gasteiger partial charge is 0.356 e. The van der Waals surface area contributed by atoms with Crippen molar-refractivity contribution in [3.8, 4) is 0 Å². The van der Waals surface area contributed by atoms with E-state index in [4.69, 9.17) is 0 Å². The summed E-state index contributed by atoms with van der Waals surface area (Å²) in [5, 5.41) is 15.0. The zero-order valence-electron chi connectivity index (χ0n) is 14.8. The van der Waals surface area contributed by atoms with Gasteiger partial charge in [0.05, 0.1) is 17.1 Å². The van der Waals surface area contributed by atoms with Gasteiger partial charge in [-0.05, 0) is 17.7 Å². The molecule has 0 saturated heterocycles. The molecule has 0 atom stereocenters. The summed E-state index contributed by atoms with van der Waals surface area (Å²) in [5.74, 6) is -0.142. The van der Waals surface area contributed by atoms with Crippen LogP contribution >= 0.6 is 23.1 Å². The number of para-hydroxylation sites is 2. The maximum Gasteiger partial charge on any atom is 0.244 e. The molecule has 0 unspecified atom stereocenters. The van der Waals surface area contributed by atoms with Gasteiger partial charge in [0.2, 0.25) is 16.9 Å². The standard InChI is InChI=1S/C19H17N5O2S2/c25-16-11-24(15-9-5-4-8-14(15)21-16)17(26)12-27-19-23-22-18(28-19)20-10-13-6-2-1-3-7-13/h1-9H,10-12H2,(H,20,22)(H,21,25). The fourth-order valence-electron chi connectivity index (χ4n) is 2.77. The average molecular weight is 412 g/mol. The number of nitrogens with zero attached hydrogens (tertiary/aromatic N) is 3. The molecule has 0 spiro atoms. The van der Waals surface area contributed by atoms with E-state index in [0.29, 0.717) is 21.7 Å². The molecule has 3 aromatic rings. The third-order valence-corrected chi connectivity index (χ3v) is 6.08. The van der Waals surface area contributed by atoms with E-state index in [1.54, 1.807) is 6.07 Å². The normalized spacial score (nSPS) is 13.0. The second-order valence-corrected chi connectivity index (χ2v) is 8.25. The van der Waals surface area contributed by atoms with E-state index in [1.165, 1.54) is 28.0 Å². The highest BCUT2D eigenvalue weighted by Crippen LogP contribution is 2.31. The number of anilines is 3. The van der Waals surface area contributed by atoms with Crippen molar-refractivity contribution in [3.05, 3.63) is 60.2 Å². The lowest BCUT2D eigenvalue weighted by atomic mass is 10.2. The summed E-state index contributed by atoms with van der Waals surface area (Å²) in [5.41, 5.74) is 2.53. The predicted octanol–water partition coefficient (Wildman–Crippen LogP) is 3.23. The summed E-state index contributed by atoms with van der Waals surface area (Å²) in [7, 11) is 0. The average Bonchev–Trinajstić information content (AvgIpc) is 3.18. The molecule has 1 aromatic heterocycles. The maximum atomic E-state index is 12.7. The Morgan fingerprint density at radius 2 is 1.93 bits per heavy atom. The third-order valence-electron chi connectivity index (χ3n) is 4.08. The zero-order chi connectivity index (χ0) is 19.3. The number of hydrogen-bond acceptors (Lipinski definition) is 7. The van der Waals surface area contributed by atoms with Crippen molar-refractivity contribution in [1.82, 2.24) is 10.2 Å². The van der Waals surface area contributed by atoms with Crippen LogP contribution in [-0.2, 0) is 16.1 Å². The van der Waals surface area contributed by atoms with E-state index < -0.39 is 0 Å². The highest BCUT2D eigenvalue weighted by Gasteiger charge is 2.26. The molecule has 2 heterocycles. The maximum absolute atomic E-state index is 12.7. The summed E-state index contributed by atoms with van der Waals surface area (Å²) in [6, 6.07) is 17.3. The third kappa shape index (κ3) is 4.32. The van der Waals surface area contributed by atoms with Gasteiger partial charge >= 0.3 is 0 Å². The Hall–Kier alpha value is -2.91. The molecule has 2 N–H and O–H groups in total. The molecular weight excluding hydrogens is 394 g/mol. The van der Waals surface area contributed by atoms with Gasteiger partial charge in [-0.2, -0.15) is 0 Å². The molecule has 0 radical (unpaired) electrons. The minimum absolute atomic E-state index is 0.0242. The molecule has 1 aliphatic rings. The molecule has 28 heavy (non-hydrogen) atoms. The summed E-state index contributed by atoms with van der Waals surface area (Å²) >= 11 is 2.73. The van der Waals surface area contributed by atoms with E-state index in [1.807, 2.05) is 48.5 Å². The number of amides is 2. The number of rotatable bonds is 6. The molecule has 2 aromatic carbocycles. The molecule has 0 aliphatic carbocycles. The van der Waals surface area contributed by atoms with Gasteiger partial charge in [0.15, 0.2) is 4.34 Å². The van der Waals surface area contributed by atoms with Gasteiger partial charge in [0, 0.05) is 6.54 Å². The van der Waals surface area contributed by atoms with Crippen LogP contribution in [0.2, 0.25) is 0 Å². The first-order chi connectivity index (χ1) is 13.7. The first-order valence-corrected chi connectivity index (χ1v) is 10.4. The second kappa shape index (κ2) is 8.41. The molecule has 2 amide bonds. The topological polar surface area (TPSA) is 87.2 Å². The van der Waals surface area contributed by atoms with E-state index in [0.717, 1.165) is 11.3 Å².